The molecule has 1 fully saturated rings. The van der Waals surface area contributed by atoms with Crippen LogP contribution in [0.1, 0.15) is 103 Å². The summed E-state index contributed by atoms with van der Waals surface area (Å²) in [7, 11) is 1.11. The van der Waals surface area contributed by atoms with Gasteiger partial charge in [0.2, 0.25) is 0 Å². The van der Waals surface area contributed by atoms with Crippen LogP contribution in [-0.2, 0) is 26.1 Å². The van der Waals surface area contributed by atoms with Crippen LogP contribution in [0.2, 0.25) is 0 Å². The second kappa shape index (κ2) is 22.7. The Morgan fingerprint density at radius 3 is 2.02 bits per heavy atom. The first-order valence-corrected chi connectivity index (χ1v) is 22.9. The lowest BCUT2D eigenvalue weighted by Gasteiger charge is -2.38. The van der Waals surface area contributed by atoms with E-state index in [9.17, 15) is 19.7 Å². The number of benzene rings is 3. The van der Waals surface area contributed by atoms with Crippen molar-refractivity contribution >= 4 is 8.53 Å². The zero-order chi connectivity index (χ0) is 45.8. The van der Waals surface area contributed by atoms with Crippen LogP contribution in [0.4, 0.5) is 0 Å². The Labute approximate surface area is 374 Å². The third-order valence-corrected chi connectivity index (χ3v) is 13.3. The van der Waals surface area contributed by atoms with Gasteiger partial charge in [-0.2, -0.15) is 5.26 Å². The summed E-state index contributed by atoms with van der Waals surface area (Å²) in [5.41, 5.74) is 3.13. The third kappa shape index (κ3) is 11.8. The SMILES string of the molecule is COc1ccc(C(OC[C@@H]2O[C@@H](n3cc(C)c(=O)n(C/C=C(\C)CCC=C(C)C)c3=O)C[C@@H]2C(CC#N)OP(O)N(C(C)C)C(C)C)(c2ccccc2)c2ccc(OC)cc2)cc1. The molecule has 4 aromatic rings. The van der Waals surface area contributed by atoms with Crippen molar-refractivity contribution in [3.63, 3.8) is 0 Å². The van der Waals surface area contributed by atoms with Gasteiger partial charge in [0.15, 0.2) is 0 Å². The first-order chi connectivity index (χ1) is 30.1. The fraction of sp³-hybridized carbons (Fsp3) is 0.460. The van der Waals surface area contributed by atoms with E-state index < -0.39 is 44.2 Å². The molecule has 13 heteroatoms. The molecule has 0 spiro atoms. The molecule has 3 aromatic carbocycles. The summed E-state index contributed by atoms with van der Waals surface area (Å²) in [6.07, 6.45) is 5.13. The lowest BCUT2D eigenvalue weighted by atomic mass is 9.79. The molecule has 0 bridgehead atoms. The van der Waals surface area contributed by atoms with E-state index in [1.165, 1.54) is 14.7 Å². The van der Waals surface area contributed by atoms with E-state index in [2.05, 4.69) is 26.0 Å². The highest BCUT2D eigenvalue weighted by atomic mass is 31.2. The number of ether oxygens (including phenoxy) is 4. The summed E-state index contributed by atoms with van der Waals surface area (Å²) in [4.78, 5) is 39.6. The first kappa shape index (κ1) is 49.2. The number of nitrogens with zero attached hydrogens (tertiary/aromatic N) is 4. The van der Waals surface area contributed by atoms with E-state index in [1.807, 2.05) is 124 Å². The summed E-state index contributed by atoms with van der Waals surface area (Å²) in [6, 6.07) is 27.6. The van der Waals surface area contributed by atoms with E-state index in [-0.39, 0.29) is 43.6 Å². The van der Waals surface area contributed by atoms with E-state index >= 15 is 0 Å². The van der Waals surface area contributed by atoms with Crippen LogP contribution in [0.3, 0.4) is 0 Å². The van der Waals surface area contributed by atoms with Crippen molar-refractivity contribution in [3.05, 3.63) is 151 Å². The molecule has 0 radical (unpaired) electrons. The number of aryl methyl sites for hydroxylation is 1. The summed E-state index contributed by atoms with van der Waals surface area (Å²) in [6.45, 7) is 15.9. The third-order valence-electron chi connectivity index (χ3n) is 11.6. The van der Waals surface area contributed by atoms with Crippen molar-refractivity contribution < 1.29 is 28.4 Å². The van der Waals surface area contributed by atoms with Gasteiger partial charge in [0.1, 0.15) is 23.3 Å². The fourth-order valence-corrected chi connectivity index (χ4v) is 9.72. The summed E-state index contributed by atoms with van der Waals surface area (Å²) >= 11 is 0. The molecule has 1 aliphatic rings. The molecule has 5 atom stereocenters. The van der Waals surface area contributed by atoms with Crippen LogP contribution in [0.5, 0.6) is 11.5 Å². The topological polar surface area (TPSA) is 137 Å². The molecule has 1 N–H and O–H groups in total. The zero-order valence-electron chi connectivity index (χ0n) is 38.5. The van der Waals surface area contributed by atoms with E-state index in [0.29, 0.717) is 17.1 Å². The average molecular weight is 881 g/mol. The number of allylic oxidation sites excluding steroid dienone is 4. The van der Waals surface area contributed by atoms with Crippen LogP contribution >= 0.6 is 8.53 Å². The van der Waals surface area contributed by atoms with Gasteiger partial charge in [-0.1, -0.05) is 77.9 Å². The minimum atomic E-state index is -2.13. The lowest BCUT2D eigenvalue weighted by molar-refractivity contribution is -0.0924. The Morgan fingerprint density at radius 1 is 0.921 bits per heavy atom. The van der Waals surface area contributed by atoms with Crippen molar-refractivity contribution in [3.8, 4) is 17.6 Å². The van der Waals surface area contributed by atoms with Crippen molar-refractivity contribution in [1.82, 2.24) is 13.8 Å². The summed E-state index contributed by atoms with van der Waals surface area (Å²) in [5, 5.41) is 10.2. The molecule has 1 saturated heterocycles. The van der Waals surface area contributed by atoms with E-state index in [1.54, 1.807) is 27.3 Å². The number of aromatic nitrogens is 2. The van der Waals surface area contributed by atoms with Crippen molar-refractivity contribution in [2.75, 3.05) is 20.8 Å². The van der Waals surface area contributed by atoms with Crippen LogP contribution in [-0.4, -0.2) is 63.8 Å². The average Bonchev–Trinajstić information content (AvgIpc) is 3.69. The van der Waals surface area contributed by atoms with Crippen LogP contribution in [0.25, 0.3) is 0 Å². The van der Waals surface area contributed by atoms with E-state index in [4.69, 9.17) is 23.5 Å². The number of rotatable bonds is 21. The molecule has 63 heavy (non-hydrogen) atoms. The minimum Gasteiger partial charge on any atom is -0.497 e. The van der Waals surface area contributed by atoms with Crippen LogP contribution in [0.15, 0.2) is 118 Å². The molecule has 0 amide bonds. The molecule has 2 heterocycles. The van der Waals surface area contributed by atoms with E-state index in [0.717, 1.165) is 35.1 Å². The molecule has 5 rings (SSSR count). The number of nitriles is 1. The molecule has 2 unspecified atom stereocenters. The summed E-state index contributed by atoms with van der Waals surface area (Å²) in [5.74, 6) is 0.837. The molecule has 0 saturated carbocycles. The van der Waals surface area contributed by atoms with Gasteiger partial charge in [-0.05, 0) is 109 Å². The zero-order valence-corrected chi connectivity index (χ0v) is 39.4. The van der Waals surface area contributed by atoms with Crippen LogP contribution < -0.4 is 20.7 Å². The Bertz CT molecular complexity index is 2260. The van der Waals surface area contributed by atoms with Gasteiger partial charge in [0.05, 0.1) is 45.5 Å². The number of hydrogen-bond acceptors (Lipinski definition) is 10. The quantitative estimate of drug-likeness (QED) is 0.0490. The normalized spacial score (nSPS) is 17.8. The summed E-state index contributed by atoms with van der Waals surface area (Å²) < 4.78 is 36.5. The number of hydrogen-bond donors (Lipinski definition) is 1. The van der Waals surface area contributed by atoms with Crippen LogP contribution in [0, 0.1) is 24.2 Å². The highest BCUT2D eigenvalue weighted by molar-refractivity contribution is 7.43. The molecule has 0 aliphatic carbocycles. The molecule has 1 aromatic heterocycles. The maximum absolute atomic E-state index is 14.4. The van der Waals surface area contributed by atoms with Gasteiger partial charge < -0.3 is 28.4 Å². The second-order valence-corrected chi connectivity index (χ2v) is 18.1. The van der Waals surface area contributed by atoms with Gasteiger partial charge in [0, 0.05) is 42.7 Å². The van der Waals surface area contributed by atoms with Crippen molar-refractivity contribution in [1.29, 1.82) is 5.26 Å². The maximum Gasteiger partial charge on any atom is 0.333 e. The van der Waals surface area contributed by atoms with Crippen molar-refractivity contribution in [2.45, 2.75) is 124 Å². The Balaban J connectivity index is 1.62. The Hall–Kier alpha value is -4.86. The highest BCUT2D eigenvalue weighted by Gasteiger charge is 2.46. The standard InChI is InChI=1S/C50H65N4O8P/c1-34(2)15-14-16-37(7)28-30-52-48(55)38(8)32-53(49(52)56)47-31-44(45(27-29-51)62-63(57)54(35(3)4)36(5)6)46(61-47)33-60-50(39-17-12-11-13-18-39,40-19-23-42(58-9)24-20-40)41-21-25-43(59-10)26-22-41/h11-13,15,17-26,28,32,35-36,44-47,57H,14,16,27,30-31,33H2,1-10H3/b37-28+/t44-,45?,46+,47-,63?/m1/s1. The van der Waals surface area contributed by atoms with Gasteiger partial charge in [0.25, 0.3) is 14.1 Å². The second-order valence-electron chi connectivity index (χ2n) is 17.0. The van der Waals surface area contributed by atoms with Gasteiger partial charge in [-0.25, -0.2) is 9.46 Å². The van der Waals surface area contributed by atoms with Gasteiger partial charge in [-0.15, -0.1) is 0 Å². The highest BCUT2D eigenvalue weighted by Crippen LogP contribution is 2.48. The minimum absolute atomic E-state index is 0.0121. The molecule has 12 nitrogen and oxygen atoms in total. The maximum atomic E-state index is 14.4. The van der Waals surface area contributed by atoms with Gasteiger partial charge >= 0.3 is 5.69 Å². The van der Waals surface area contributed by atoms with Gasteiger partial charge in [-0.3, -0.25) is 13.9 Å². The number of methoxy groups -OCH3 is 2. The Kier molecular flexibility index (Phi) is 17.7. The predicted molar refractivity (Wildman–Crippen MR) is 249 cm³/mol. The smallest absolute Gasteiger partial charge is 0.333 e. The monoisotopic (exact) mass is 880 g/mol. The Morgan fingerprint density at radius 2 is 1.49 bits per heavy atom. The molecular formula is C50H65N4O8P. The fourth-order valence-electron chi connectivity index (χ4n) is 8.34. The first-order valence-electron chi connectivity index (χ1n) is 21.7. The largest absolute Gasteiger partial charge is 0.497 e. The molecular weight excluding hydrogens is 816 g/mol. The predicted octanol–water partition coefficient (Wildman–Crippen LogP) is 9.58. The lowest BCUT2D eigenvalue weighted by Crippen LogP contribution is -2.42. The molecule has 338 valence electrons. The molecule has 1 aliphatic heterocycles. The van der Waals surface area contributed by atoms with Crippen molar-refractivity contribution in [2.24, 2.45) is 5.92 Å².